The third-order valence-electron chi connectivity index (χ3n) is 4.32. The predicted octanol–water partition coefficient (Wildman–Crippen LogP) is 2.23. The van der Waals surface area contributed by atoms with Gasteiger partial charge in [0, 0.05) is 18.7 Å². The number of nitrogens with zero attached hydrogens (tertiary/aromatic N) is 4. The van der Waals surface area contributed by atoms with Gasteiger partial charge in [0.2, 0.25) is 5.95 Å². The summed E-state index contributed by atoms with van der Waals surface area (Å²) < 4.78 is 5.40. The van der Waals surface area contributed by atoms with Crippen molar-refractivity contribution in [3.8, 4) is 11.8 Å². The number of carbonyl (C=O) groups is 1. The maximum absolute atomic E-state index is 12.5. The molecule has 0 bridgehead atoms. The maximum atomic E-state index is 12.5. The molecule has 1 saturated heterocycles. The summed E-state index contributed by atoms with van der Waals surface area (Å²) in [4.78, 5) is 22.7. The van der Waals surface area contributed by atoms with Crippen LogP contribution in [0.3, 0.4) is 0 Å². The number of amides is 1. The Balaban J connectivity index is 1.87. The zero-order valence-corrected chi connectivity index (χ0v) is 14.7. The van der Waals surface area contributed by atoms with Crippen molar-refractivity contribution in [1.29, 1.82) is 5.26 Å². The molecule has 1 aliphatic rings. The highest BCUT2D eigenvalue weighted by molar-refractivity contribution is 5.95. The molecule has 0 radical (unpaired) electrons. The molecule has 2 heterocycles. The Morgan fingerprint density at radius 2 is 2.08 bits per heavy atom. The van der Waals surface area contributed by atoms with Crippen LogP contribution in [0, 0.1) is 18.3 Å². The summed E-state index contributed by atoms with van der Waals surface area (Å²) in [6.07, 6.45) is 2.08. The summed E-state index contributed by atoms with van der Waals surface area (Å²) in [6.45, 7) is 3.27. The van der Waals surface area contributed by atoms with Gasteiger partial charge in [0.05, 0.1) is 18.5 Å². The number of anilines is 3. The zero-order valence-electron chi connectivity index (χ0n) is 14.7. The van der Waals surface area contributed by atoms with Crippen molar-refractivity contribution in [3.63, 3.8) is 0 Å². The molecule has 3 N–H and O–H groups in total. The van der Waals surface area contributed by atoms with Crippen LogP contribution < -0.4 is 15.8 Å². The molecule has 0 spiro atoms. The van der Waals surface area contributed by atoms with Gasteiger partial charge in [0.25, 0.3) is 5.91 Å². The number of methoxy groups -OCH3 is 1. The van der Waals surface area contributed by atoms with Crippen molar-refractivity contribution in [2.75, 3.05) is 31.2 Å². The van der Waals surface area contributed by atoms with Crippen molar-refractivity contribution in [3.05, 3.63) is 35.0 Å². The quantitative estimate of drug-likeness (QED) is 0.866. The van der Waals surface area contributed by atoms with Crippen LogP contribution in [0.25, 0.3) is 0 Å². The van der Waals surface area contributed by atoms with Crippen LogP contribution in [-0.2, 0) is 0 Å². The maximum Gasteiger partial charge on any atom is 0.253 e. The van der Waals surface area contributed by atoms with E-state index in [9.17, 15) is 4.79 Å². The molecule has 1 fully saturated rings. The van der Waals surface area contributed by atoms with Crippen molar-refractivity contribution in [2.45, 2.75) is 19.8 Å². The first kappa shape index (κ1) is 17.5. The molecule has 8 heteroatoms. The van der Waals surface area contributed by atoms with E-state index in [-0.39, 0.29) is 23.2 Å². The molecule has 0 atom stereocenters. The topological polar surface area (TPSA) is 117 Å². The number of aryl methyl sites for hydroxylation is 1. The molecule has 0 aliphatic carbocycles. The second-order valence-corrected chi connectivity index (χ2v) is 6.04. The van der Waals surface area contributed by atoms with E-state index in [0.29, 0.717) is 22.7 Å². The van der Waals surface area contributed by atoms with Crippen LogP contribution in [0.15, 0.2) is 18.2 Å². The van der Waals surface area contributed by atoms with Crippen LogP contribution in [-0.4, -0.2) is 41.0 Å². The lowest BCUT2D eigenvalue weighted by atomic mass is 10.1. The average molecular weight is 352 g/mol. The molecule has 0 saturated carbocycles. The number of nitriles is 1. The van der Waals surface area contributed by atoms with E-state index in [1.54, 1.807) is 25.1 Å². The molecular weight excluding hydrogens is 332 g/mol. The first-order valence-electron chi connectivity index (χ1n) is 8.32. The summed E-state index contributed by atoms with van der Waals surface area (Å²) >= 11 is 0. The highest BCUT2D eigenvalue weighted by Gasteiger charge is 2.21. The van der Waals surface area contributed by atoms with Gasteiger partial charge in [0.1, 0.15) is 23.2 Å². The molecule has 1 aliphatic heterocycles. The second-order valence-electron chi connectivity index (χ2n) is 6.04. The Labute approximate surface area is 151 Å². The zero-order chi connectivity index (χ0) is 18.7. The number of nitrogen functional groups attached to an aromatic ring is 1. The highest BCUT2D eigenvalue weighted by Crippen LogP contribution is 2.29. The van der Waals surface area contributed by atoms with Gasteiger partial charge in [0.15, 0.2) is 0 Å². The van der Waals surface area contributed by atoms with E-state index in [1.807, 2.05) is 11.0 Å². The third-order valence-corrected chi connectivity index (χ3v) is 4.32. The number of benzene rings is 1. The van der Waals surface area contributed by atoms with Gasteiger partial charge in [-0.25, -0.2) is 4.98 Å². The number of hydrogen-bond donors (Lipinski definition) is 2. The van der Waals surface area contributed by atoms with Crippen LogP contribution in [0.5, 0.6) is 5.75 Å². The van der Waals surface area contributed by atoms with Crippen molar-refractivity contribution < 1.29 is 9.53 Å². The molecule has 0 unspecified atom stereocenters. The van der Waals surface area contributed by atoms with E-state index in [4.69, 9.17) is 15.7 Å². The standard InChI is InChI=1S/C18H20N6O2/c1-11-13(10-19)16(20)23-18(21-11)22-14-6-5-12(9-15(14)26-2)17(25)24-7-3-4-8-24/h5-6,9H,3-4,7-8H2,1-2H3,(H3,20,21,22,23). The normalized spacial score (nSPS) is 13.3. The van der Waals surface area contributed by atoms with E-state index >= 15 is 0 Å². The second kappa shape index (κ2) is 7.27. The molecule has 26 heavy (non-hydrogen) atoms. The lowest BCUT2D eigenvalue weighted by Gasteiger charge is -2.17. The Hall–Kier alpha value is -3.34. The molecule has 2 aromatic rings. The number of rotatable bonds is 4. The monoisotopic (exact) mass is 352 g/mol. The number of carbonyl (C=O) groups excluding carboxylic acids is 1. The molecule has 1 aromatic heterocycles. The molecule has 1 aromatic carbocycles. The Kier molecular flexibility index (Phi) is 4.89. The van der Waals surface area contributed by atoms with Gasteiger partial charge >= 0.3 is 0 Å². The number of likely N-dealkylation sites (tertiary alicyclic amines) is 1. The summed E-state index contributed by atoms with van der Waals surface area (Å²) in [5.41, 5.74) is 7.72. The fourth-order valence-corrected chi connectivity index (χ4v) is 2.94. The minimum absolute atomic E-state index is 0.00191. The third kappa shape index (κ3) is 3.37. The largest absolute Gasteiger partial charge is 0.495 e. The highest BCUT2D eigenvalue weighted by atomic mass is 16.5. The number of hydrogen-bond acceptors (Lipinski definition) is 7. The first-order chi connectivity index (χ1) is 12.5. The first-order valence-corrected chi connectivity index (χ1v) is 8.32. The number of ether oxygens (including phenoxy) is 1. The van der Waals surface area contributed by atoms with Crippen molar-refractivity contribution in [1.82, 2.24) is 14.9 Å². The van der Waals surface area contributed by atoms with Crippen molar-refractivity contribution >= 4 is 23.4 Å². The molecule has 134 valence electrons. The fraction of sp³-hybridized carbons (Fsp3) is 0.333. The van der Waals surface area contributed by atoms with E-state index < -0.39 is 0 Å². The van der Waals surface area contributed by atoms with Gasteiger partial charge in [-0.1, -0.05) is 0 Å². The molecular formula is C18H20N6O2. The minimum Gasteiger partial charge on any atom is -0.495 e. The summed E-state index contributed by atoms with van der Waals surface area (Å²) in [5.74, 6) is 0.875. The van der Waals surface area contributed by atoms with E-state index in [2.05, 4.69) is 15.3 Å². The predicted molar refractivity (Wildman–Crippen MR) is 97.3 cm³/mol. The van der Waals surface area contributed by atoms with Gasteiger partial charge in [-0.05, 0) is 38.0 Å². The molecule has 3 rings (SSSR count). The fourth-order valence-electron chi connectivity index (χ4n) is 2.94. The van der Waals surface area contributed by atoms with Gasteiger partial charge < -0.3 is 20.7 Å². The molecule has 1 amide bonds. The summed E-state index contributed by atoms with van der Waals surface area (Å²) in [6, 6.07) is 7.16. The lowest BCUT2D eigenvalue weighted by Crippen LogP contribution is -2.27. The summed E-state index contributed by atoms with van der Waals surface area (Å²) in [5, 5.41) is 12.1. The minimum atomic E-state index is 0.00191. The van der Waals surface area contributed by atoms with Gasteiger partial charge in [-0.15, -0.1) is 0 Å². The molecule has 8 nitrogen and oxygen atoms in total. The van der Waals surface area contributed by atoms with E-state index in [0.717, 1.165) is 25.9 Å². The van der Waals surface area contributed by atoms with Crippen LogP contribution in [0.4, 0.5) is 17.5 Å². The Morgan fingerprint density at radius 3 is 2.69 bits per heavy atom. The smallest absolute Gasteiger partial charge is 0.253 e. The number of nitrogens with one attached hydrogen (secondary N) is 1. The lowest BCUT2D eigenvalue weighted by molar-refractivity contribution is 0.0792. The van der Waals surface area contributed by atoms with Crippen LogP contribution >= 0.6 is 0 Å². The SMILES string of the molecule is COc1cc(C(=O)N2CCCC2)ccc1Nc1nc(C)c(C#N)c(N)n1. The average Bonchev–Trinajstić information content (AvgIpc) is 3.16. The van der Waals surface area contributed by atoms with Crippen molar-refractivity contribution in [2.24, 2.45) is 0 Å². The number of nitrogens with two attached hydrogens (primary N) is 1. The Bertz CT molecular complexity index is 861. The summed E-state index contributed by atoms with van der Waals surface area (Å²) in [7, 11) is 1.53. The van der Waals surface area contributed by atoms with Crippen LogP contribution in [0.1, 0.15) is 34.5 Å². The van der Waals surface area contributed by atoms with Crippen LogP contribution in [0.2, 0.25) is 0 Å². The Morgan fingerprint density at radius 1 is 1.35 bits per heavy atom. The van der Waals surface area contributed by atoms with E-state index in [1.165, 1.54) is 7.11 Å². The number of aromatic nitrogens is 2. The van der Waals surface area contributed by atoms with Gasteiger partial charge in [-0.2, -0.15) is 10.2 Å². The van der Waals surface area contributed by atoms with Gasteiger partial charge in [-0.3, -0.25) is 4.79 Å².